The molecule has 4 heterocycles. The largest absolute Gasteiger partial charge is 0.468 e. The number of hydrogen-bond acceptors (Lipinski definition) is 13. The third-order valence-electron chi connectivity index (χ3n) is 11.1. The van der Waals surface area contributed by atoms with Crippen LogP contribution >= 0.6 is 0 Å². The Balaban J connectivity index is 1.77. The van der Waals surface area contributed by atoms with Crippen LogP contribution in [0.2, 0.25) is 0 Å². The van der Waals surface area contributed by atoms with Gasteiger partial charge in [-0.2, -0.15) is 0 Å². The topological polar surface area (TPSA) is 166 Å². The van der Waals surface area contributed by atoms with E-state index in [2.05, 4.69) is 5.43 Å². The smallest absolute Gasteiger partial charge is 0.425 e. The predicted octanol–water partition coefficient (Wildman–Crippen LogP) is 3.49. The molecule has 14 heteroatoms. The van der Waals surface area contributed by atoms with Crippen LogP contribution in [0.5, 0.6) is 0 Å². The number of aliphatic hydroxyl groups is 1. The summed E-state index contributed by atoms with van der Waals surface area (Å²) in [6.07, 6.45) is -2.78. The van der Waals surface area contributed by atoms with Crippen LogP contribution in [-0.2, 0) is 44.6 Å². The predicted molar refractivity (Wildman–Crippen MR) is 180 cm³/mol. The summed E-state index contributed by atoms with van der Waals surface area (Å²) in [7, 11) is 5.21. The molecule has 3 aliphatic heterocycles. The van der Waals surface area contributed by atoms with Crippen molar-refractivity contribution in [2.24, 2.45) is 23.7 Å². The van der Waals surface area contributed by atoms with E-state index >= 15 is 0 Å². The minimum Gasteiger partial charge on any atom is -0.468 e. The van der Waals surface area contributed by atoms with Crippen molar-refractivity contribution in [3.63, 3.8) is 0 Å². The Bertz CT molecular complexity index is 1360. The molecule has 282 valence electrons. The number of ether oxygens (including phenoxy) is 5. The van der Waals surface area contributed by atoms with Gasteiger partial charge in [-0.1, -0.05) is 27.7 Å². The minimum atomic E-state index is -1.46. The van der Waals surface area contributed by atoms with Crippen molar-refractivity contribution in [2.75, 3.05) is 21.2 Å². The molecule has 0 radical (unpaired) electrons. The number of hydrogen-bond donors (Lipinski definition) is 2. The van der Waals surface area contributed by atoms with Crippen LogP contribution in [0.3, 0.4) is 0 Å². The molecule has 0 aliphatic carbocycles. The number of carbonyl (C=O) groups excluding carboxylic acids is 4. The number of fused-ring (bicyclic) bond motifs is 1. The number of likely N-dealkylation sites (N-methyl/N-ethyl adjacent to an activating group) is 1. The van der Waals surface area contributed by atoms with E-state index in [1.54, 1.807) is 53.7 Å². The summed E-state index contributed by atoms with van der Waals surface area (Å²) in [6.45, 7) is 13.8. The van der Waals surface area contributed by atoms with Crippen molar-refractivity contribution in [2.45, 2.75) is 135 Å². The summed E-state index contributed by atoms with van der Waals surface area (Å²) in [6, 6.07) is 2.27. The van der Waals surface area contributed by atoms with Crippen LogP contribution in [-0.4, -0.2) is 114 Å². The first kappa shape index (κ1) is 39.9. The molecular formula is C36H57N3O11. The lowest BCUT2D eigenvalue weighted by Gasteiger charge is -2.47. The third-order valence-corrected chi connectivity index (χ3v) is 11.1. The van der Waals surface area contributed by atoms with Crippen molar-refractivity contribution in [3.05, 3.63) is 24.2 Å². The van der Waals surface area contributed by atoms with Crippen molar-refractivity contribution < 1.29 is 52.4 Å². The molecule has 0 aromatic carbocycles. The Hall–Kier alpha value is -2.88. The minimum absolute atomic E-state index is 0.110. The van der Waals surface area contributed by atoms with Crippen molar-refractivity contribution in [1.29, 1.82) is 0 Å². The number of hydrazine groups is 1. The lowest BCUT2D eigenvalue weighted by Crippen LogP contribution is -2.61. The zero-order valence-corrected chi connectivity index (χ0v) is 31.3. The number of ketones is 2. The van der Waals surface area contributed by atoms with E-state index in [1.807, 2.05) is 25.9 Å². The van der Waals surface area contributed by atoms with Crippen molar-refractivity contribution in [1.82, 2.24) is 15.3 Å². The first-order valence-electron chi connectivity index (χ1n) is 17.7. The number of nitrogens with one attached hydrogen (secondary N) is 1. The Morgan fingerprint density at radius 1 is 1.06 bits per heavy atom. The normalized spacial score (nSPS) is 40.7. The molecule has 2 N–H and O–H groups in total. The van der Waals surface area contributed by atoms with Gasteiger partial charge in [-0.15, -0.1) is 0 Å². The van der Waals surface area contributed by atoms with Crippen molar-refractivity contribution in [3.8, 4) is 0 Å². The van der Waals surface area contributed by atoms with E-state index in [0.717, 1.165) is 0 Å². The highest BCUT2D eigenvalue weighted by Gasteiger charge is 2.61. The number of nitrogens with zero attached hydrogens (tertiary/aromatic N) is 2. The maximum absolute atomic E-state index is 14.5. The number of Topliss-reactive ketones (excluding diaryl/α,β-unsaturated/α-hetero) is 2. The first-order chi connectivity index (χ1) is 23.4. The monoisotopic (exact) mass is 707 g/mol. The van der Waals surface area contributed by atoms with Crippen LogP contribution in [0.4, 0.5) is 4.79 Å². The second-order valence-electron chi connectivity index (χ2n) is 15.0. The highest BCUT2D eigenvalue weighted by Crippen LogP contribution is 2.42. The second kappa shape index (κ2) is 15.8. The van der Waals surface area contributed by atoms with Crippen LogP contribution in [0.25, 0.3) is 0 Å². The number of amides is 1. The number of carbonyl (C=O) groups is 4. The maximum atomic E-state index is 14.5. The van der Waals surface area contributed by atoms with Crippen LogP contribution in [0.15, 0.2) is 22.8 Å². The molecule has 3 fully saturated rings. The molecule has 0 bridgehead atoms. The molecule has 4 rings (SSSR count). The Kier molecular flexibility index (Phi) is 12.6. The average molecular weight is 708 g/mol. The fourth-order valence-electron chi connectivity index (χ4n) is 8.11. The highest BCUT2D eigenvalue weighted by molar-refractivity contribution is 6.00. The highest BCUT2D eigenvalue weighted by atomic mass is 16.7. The SMILES string of the molecule is CC[C@H]1OC(=O)[C@H](C)C(=O)[C@H](C)[C@@H](O[C@@H]2O[C@H](C)C[C@H](N(C)C)[C@H]2O)[C@](C)(OC)C[C@@H](C)C(=O)[C@H](C)[C@H]2N(NCc3ccco3)C(=O)O[C@]12C. The Morgan fingerprint density at radius 2 is 1.74 bits per heavy atom. The van der Waals surface area contributed by atoms with Crippen molar-refractivity contribution >= 4 is 23.6 Å². The Labute approximate surface area is 295 Å². The molecular weight excluding hydrogens is 650 g/mol. The summed E-state index contributed by atoms with van der Waals surface area (Å²) in [5, 5.41) is 12.6. The van der Waals surface area contributed by atoms with Gasteiger partial charge in [0.05, 0.1) is 30.6 Å². The van der Waals surface area contributed by atoms with Gasteiger partial charge in [-0.25, -0.2) is 15.2 Å². The molecule has 0 spiro atoms. The Morgan fingerprint density at radius 3 is 2.32 bits per heavy atom. The molecule has 3 aliphatic rings. The number of cyclic esters (lactones) is 1. The number of methoxy groups -OCH3 is 1. The van der Waals surface area contributed by atoms with Crippen LogP contribution in [0, 0.1) is 23.7 Å². The molecule has 0 saturated carbocycles. The third kappa shape index (κ3) is 7.80. The molecule has 1 aromatic heterocycles. The summed E-state index contributed by atoms with van der Waals surface area (Å²) in [5.41, 5.74) is 0.330. The standard InChI is InChI=1S/C36H57N3O11/c1-12-26-36(8)30(39(34(44)50-36)37-18-24-14-13-15-46-24)21(4)27(40)19(2)17-35(7,45-11)31(22(5)28(41)23(6)32(43)48-26)49-33-29(42)25(38(9)10)16-20(3)47-33/h13-15,19-23,25-26,29-31,33,37,42H,12,16-18H2,1-11H3/t19-,20-,21+,22+,23-,25+,26-,29-,30-,31-,33+,35-,36-/m1/s1. The lowest BCUT2D eigenvalue weighted by molar-refractivity contribution is -0.295. The quantitative estimate of drug-likeness (QED) is 0.298. The average Bonchev–Trinajstić information content (AvgIpc) is 3.68. The summed E-state index contributed by atoms with van der Waals surface area (Å²) in [5.74, 6) is -4.59. The van der Waals surface area contributed by atoms with Crippen LogP contribution in [0.1, 0.15) is 80.4 Å². The van der Waals surface area contributed by atoms with Gasteiger partial charge >= 0.3 is 12.1 Å². The molecule has 3 saturated heterocycles. The molecule has 14 nitrogen and oxygen atoms in total. The lowest BCUT2D eigenvalue weighted by atomic mass is 9.73. The summed E-state index contributed by atoms with van der Waals surface area (Å²) in [4.78, 5) is 57.9. The second-order valence-corrected chi connectivity index (χ2v) is 15.0. The van der Waals surface area contributed by atoms with E-state index < -0.39 is 83.4 Å². The number of rotatable bonds is 8. The number of aliphatic hydroxyl groups excluding tert-OH is 1. The molecule has 1 aromatic rings. The summed E-state index contributed by atoms with van der Waals surface area (Å²) >= 11 is 0. The van der Waals surface area contributed by atoms with Gasteiger partial charge in [-0.3, -0.25) is 14.4 Å². The van der Waals surface area contributed by atoms with Gasteiger partial charge in [0.2, 0.25) is 0 Å². The molecule has 13 atom stereocenters. The van der Waals surface area contributed by atoms with Gasteiger partial charge in [0.25, 0.3) is 0 Å². The zero-order chi connectivity index (χ0) is 37.3. The number of esters is 1. The molecule has 0 unspecified atom stereocenters. The summed E-state index contributed by atoms with van der Waals surface area (Å²) < 4.78 is 36.2. The van der Waals surface area contributed by atoms with E-state index in [0.29, 0.717) is 12.2 Å². The number of furan rings is 1. The maximum Gasteiger partial charge on any atom is 0.425 e. The van der Waals surface area contributed by atoms with E-state index in [4.69, 9.17) is 28.1 Å². The van der Waals surface area contributed by atoms with Gasteiger partial charge in [0, 0.05) is 30.9 Å². The zero-order valence-electron chi connectivity index (χ0n) is 31.3. The fourth-order valence-corrected chi connectivity index (χ4v) is 8.11. The van der Waals surface area contributed by atoms with Gasteiger partial charge in [0.15, 0.2) is 17.7 Å². The van der Waals surface area contributed by atoms with E-state index in [-0.39, 0.29) is 37.3 Å². The van der Waals surface area contributed by atoms with E-state index in [9.17, 15) is 24.3 Å². The molecule has 50 heavy (non-hydrogen) atoms. The van der Waals surface area contributed by atoms with Crippen LogP contribution < -0.4 is 5.43 Å². The first-order valence-corrected chi connectivity index (χ1v) is 17.7. The van der Waals surface area contributed by atoms with Gasteiger partial charge in [-0.05, 0) is 73.2 Å². The van der Waals surface area contributed by atoms with Gasteiger partial charge < -0.3 is 38.1 Å². The fraction of sp³-hybridized carbons (Fsp3) is 0.778. The van der Waals surface area contributed by atoms with E-state index in [1.165, 1.54) is 25.3 Å². The van der Waals surface area contributed by atoms with Gasteiger partial charge in [0.1, 0.15) is 35.7 Å². The molecule has 1 amide bonds.